The number of rotatable bonds is 7. The number of aryl methyl sites for hydroxylation is 1. The van der Waals surface area contributed by atoms with Crippen LogP contribution in [-0.4, -0.2) is 72.3 Å². The van der Waals surface area contributed by atoms with Crippen LogP contribution < -0.4 is 15.1 Å². The number of piperazine rings is 1. The molecule has 0 aromatic carbocycles. The number of amides is 1. The van der Waals surface area contributed by atoms with E-state index in [9.17, 15) is 4.79 Å². The van der Waals surface area contributed by atoms with Crippen molar-refractivity contribution < 1.29 is 9.53 Å². The van der Waals surface area contributed by atoms with Gasteiger partial charge in [0.25, 0.3) is 5.91 Å². The molecular formula is C18H25N7O2. The maximum absolute atomic E-state index is 12.3. The van der Waals surface area contributed by atoms with Crippen molar-refractivity contribution in [1.29, 1.82) is 0 Å². The first-order valence-corrected chi connectivity index (χ1v) is 9.07. The summed E-state index contributed by atoms with van der Waals surface area (Å²) in [6.07, 6.45) is 4.26. The van der Waals surface area contributed by atoms with E-state index in [-0.39, 0.29) is 5.91 Å². The van der Waals surface area contributed by atoms with Crippen molar-refractivity contribution in [1.82, 2.24) is 25.3 Å². The Balaban J connectivity index is 1.62. The van der Waals surface area contributed by atoms with Gasteiger partial charge in [0.15, 0.2) is 0 Å². The Morgan fingerprint density at radius 2 is 1.78 bits per heavy atom. The van der Waals surface area contributed by atoms with E-state index in [1.807, 2.05) is 13.0 Å². The number of nitrogens with one attached hydrogen (secondary N) is 1. The molecule has 1 aliphatic rings. The summed E-state index contributed by atoms with van der Waals surface area (Å²) in [5, 5.41) is 2.87. The monoisotopic (exact) mass is 371 g/mol. The smallest absolute Gasteiger partial charge is 0.270 e. The number of methoxy groups -OCH3 is 1. The Bertz CT molecular complexity index is 749. The zero-order valence-electron chi connectivity index (χ0n) is 15.8. The third kappa shape index (κ3) is 5.10. The van der Waals surface area contributed by atoms with E-state index in [0.29, 0.717) is 24.8 Å². The fourth-order valence-electron chi connectivity index (χ4n) is 2.88. The second-order valence-electron chi connectivity index (χ2n) is 6.32. The molecule has 9 heteroatoms. The van der Waals surface area contributed by atoms with E-state index in [0.717, 1.165) is 44.2 Å². The van der Waals surface area contributed by atoms with Gasteiger partial charge in [-0.1, -0.05) is 0 Å². The molecule has 2 aromatic rings. The van der Waals surface area contributed by atoms with E-state index in [1.165, 1.54) is 0 Å². The van der Waals surface area contributed by atoms with Gasteiger partial charge in [-0.3, -0.25) is 4.79 Å². The highest BCUT2D eigenvalue weighted by molar-refractivity contribution is 5.92. The normalized spacial score (nSPS) is 14.3. The summed E-state index contributed by atoms with van der Waals surface area (Å²) >= 11 is 0. The van der Waals surface area contributed by atoms with E-state index in [4.69, 9.17) is 4.74 Å². The summed E-state index contributed by atoms with van der Waals surface area (Å²) in [5.41, 5.74) is 1.17. The zero-order valence-corrected chi connectivity index (χ0v) is 15.8. The third-order valence-electron chi connectivity index (χ3n) is 4.28. The first-order valence-electron chi connectivity index (χ1n) is 9.07. The molecule has 27 heavy (non-hydrogen) atoms. The van der Waals surface area contributed by atoms with Crippen LogP contribution in [0.25, 0.3) is 0 Å². The fourth-order valence-corrected chi connectivity index (χ4v) is 2.88. The van der Waals surface area contributed by atoms with Gasteiger partial charge in [-0.2, -0.15) is 0 Å². The molecule has 0 saturated carbocycles. The standard InChI is InChI=1S/C18H25N7O2/c1-14-13-15(16(26)19-7-4-12-27-2)23-18(22-14)25-10-8-24(9-11-25)17-20-5-3-6-21-17/h3,5-6,13H,4,7-12H2,1-2H3,(H,19,26). The molecule has 0 radical (unpaired) electrons. The van der Waals surface area contributed by atoms with Gasteiger partial charge in [0, 0.05) is 64.5 Å². The Hall–Kier alpha value is -2.81. The van der Waals surface area contributed by atoms with Crippen LogP contribution in [0.1, 0.15) is 22.6 Å². The lowest BCUT2D eigenvalue weighted by Crippen LogP contribution is -2.47. The highest BCUT2D eigenvalue weighted by atomic mass is 16.5. The number of hydrogen-bond donors (Lipinski definition) is 1. The molecule has 0 unspecified atom stereocenters. The molecule has 3 rings (SSSR count). The lowest BCUT2D eigenvalue weighted by atomic mass is 10.3. The average Bonchev–Trinajstić information content (AvgIpc) is 2.71. The third-order valence-corrected chi connectivity index (χ3v) is 4.28. The topological polar surface area (TPSA) is 96.4 Å². The molecular weight excluding hydrogens is 346 g/mol. The Morgan fingerprint density at radius 3 is 2.44 bits per heavy atom. The van der Waals surface area contributed by atoms with Gasteiger partial charge in [-0.25, -0.2) is 19.9 Å². The number of carbonyl (C=O) groups excluding carboxylic acids is 1. The number of carbonyl (C=O) groups is 1. The van der Waals surface area contributed by atoms with Crippen molar-refractivity contribution in [3.63, 3.8) is 0 Å². The van der Waals surface area contributed by atoms with Crippen LogP contribution in [-0.2, 0) is 4.74 Å². The predicted molar refractivity (Wildman–Crippen MR) is 102 cm³/mol. The molecule has 1 fully saturated rings. The van der Waals surface area contributed by atoms with Gasteiger partial charge in [0.1, 0.15) is 5.69 Å². The highest BCUT2D eigenvalue weighted by Gasteiger charge is 2.22. The summed E-state index contributed by atoms with van der Waals surface area (Å²) in [7, 11) is 1.64. The molecule has 1 amide bonds. The fraction of sp³-hybridized carbons (Fsp3) is 0.500. The van der Waals surface area contributed by atoms with Crippen molar-refractivity contribution >= 4 is 17.8 Å². The van der Waals surface area contributed by atoms with Gasteiger partial charge < -0.3 is 19.9 Å². The maximum atomic E-state index is 12.3. The summed E-state index contributed by atoms with van der Waals surface area (Å²) in [6, 6.07) is 3.52. The van der Waals surface area contributed by atoms with Crippen LogP contribution in [0.15, 0.2) is 24.5 Å². The van der Waals surface area contributed by atoms with Crippen LogP contribution in [0.5, 0.6) is 0 Å². The molecule has 0 spiro atoms. The van der Waals surface area contributed by atoms with Gasteiger partial charge in [-0.05, 0) is 25.5 Å². The van der Waals surface area contributed by atoms with Crippen molar-refractivity contribution in [2.24, 2.45) is 0 Å². The van der Waals surface area contributed by atoms with Crippen molar-refractivity contribution in [3.8, 4) is 0 Å². The molecule has 1 N–H and O–H groups in total. The van der Waals surface area contributed by atoms with Gasteiger partial charge >= 0.3 is 0 Å². The van der Waals surface area contributed by atoms with Crippen molar-refractivity contribution in [2.75, 3.05) is 56.2 Å². The molecule has 0 bridgehead atoms. The summed E-state index contributed by atoms with van der Waals surface area (Å²) in [5.74, 6) is 1.14. The Morgan fingerprint density at radius 1 is 1.11 bits per heavy atom. The van der Waals surface area contributed by atoms with Crippen molar-refractivity contribution in [3.05, 3.63) is 35.9 Å². The first-order chi connectivity index (χ1) is 13.2. The Kier molecular flexibility index (Phi) is 6.48. The molecule has 1 aliphatic heterocycles. The van der Waals surface area contributed by atoms with Crippen LogP contribution in [0.3, 0.4) is 0 Å². The molecule has 0 atom stereocenters. The minimum atomic E-state index is -0.186. The number of aromatic nitrogens is 4. The maximum Gasteiger partial charge on any atom is 0.270 e. The van der Waals surface area contributed by atoms with Crippen LogP contribution in [0.2, 0.25) is 0 Å². The van der Waals surface area contributed by atoms with Gasteiger partial charge in [0.2, 0.25) is 11.9 Å². The summed E-state index contributed by atoms with van der Waals surface area (Å²) in [6.45, 7) is 6.10. The quantitative estimate of drug-likeness (QED) is 0.710. The SMILES string of the molecule is COCCCNC(=O)c1cc(C)nc(N2CCN(c3ncccn3)CC2)n1. The van der Waals surface area contributed by atoms with Gasteiger partial charge in [0.05, 0.1) is 0 Å². The number of ether oxygens (including phenoxy) is 1. The molecule has 0 aliphatic carbocycles. The molecule has 3 heterocycles. The number of anilines is 2. The molecule has 144 valence electrons. The lowest BCUT2D eigenvalue weighted by molar-refractivity contribution is 0.0943. The molecule has 2 aromatic heterocycles. The van der Waals surface area contributed by atoms with E-state index in [2.05, 4.69) is 35.1 Å². The number of nitrogens with zero attached hydrogens (tertiary/aromatic N) is 6. The lowest BCUT2D eigenvalue weighted by Gasteiger charge is -2.34. The average molecular weight is 371 g/mol. The second-order valence-corrected chi connectivity index (χ2v) is 6.32. The molecule has 9 nitrogen and oxygen atoms in total. The second kappa shape index (κ2) is 9.22. The number of hydrogen-bond acceptors (Lipinski definition) is 8. The Labute approximate surface area is 158 Å². The van der Waals surface area contributed by atoms with Gasteiger partial charge in [-0.15, -0.1) is 0 Å². The van der Waals surface area contributed by atoms with Crippen molar-refractivity contribution in [2.45, 2.75) is 13.3 Å². The zero-order chi connectivity index (χ0) is 19.1. The predicted octanol–water partition coefficient (Wildman–Crippen LogP) is 0.668. The summed E-state index contributed by atoms with van der Waals surface area (Å²) < 4.78 is 4.99. The first kappa shape index (κ1) is 19.0. The minimum Gasteiger partial charge on any atom is -0.385 e. The summed E-state index contributed by atoms with van der Waals surface area (Å²) in [4.78, 5) is 34.2. The van der Waals surface area contributed by atoms with E-state index < -0.39 is 0 Å². The molecule has 1 saturated heterocycles. The van der Waals surface area contributed by atoms with Crippen LogP contribution in [0.4, 0.5) is 11.9 Å². The van der Waals surface area contributed by atoms with Crippen LogP contribution >= 0.6 is 0 Å². The highest BCUT2D eigenvalue weighted by Crippen LogP contribution is 2.15. The minimum absolute atomic E-state index is 0.186. The largest absolute Gasteiger partial charge is 0.385 e. The van der Waals surface area contributed by atoms with E-state index >= 15 is 0 Å². The van der Waals surface area contributed by atoms with Crippen LogP contribution in [0, 0.1) is 6.92 Å². The van der Waals surface area contributed by atoms with E-state index in [1.54, 1.807) is 25.6 Å².